The van der Waals surface area contributed by atoms with Gasteiger partial charge in [-0.3, -0.25) is 0 Å². The number of benzene rings is 1. The molecule has 6 rings (SSSR count). The monoisotopic (exact) mass is 452 g/mol. The maximum absolute atomic E-state index is 12.2. The maximum Gasteiger partial charge on any atom is 0.224 e. The Morgan fingerprint density at radius 2 is 2.10 bits per heavy atom. The van der Waals surface area contributed by atoms with Crippen molar-refractivity contribution in [1.29, 1.82) is 0 Å². The fourth-order valence-electron chi connectivity index (χ4n) is 4.66. The van der Waals surface area contributed by atoms with Crippen LogP contribution < -0.4 is 15.4 Å². The molecule has 3 aromatic heterocycles. The summed E-state index contributed by atoms with van der Waals surface area (Å²) >= 11 is 8.15. The molecule has 0 spiro atoms. The van der Waals surface area contributed by atoms with Gasteiger partial charge in [0, 0.05) is 47.2 Å². The topological polar surface area (TPSA) is 97.8 Å². The van der Waals surface area contributed by atoms with Crippen LogP contribution in [-0.2, 0) is 6.42 Å². The number of halogens is 1. The summed E-state index contributed by atoms with van der Waals surface area (Å²) in [5.74, 6) is 1.95. The van der Waals surface area contributed by atoms with Crippen LogP contribution in [0.2, 0.25) is 5.02 Å². The molecular weight excluding hydrogens is 432 g/mol. The Balaban J connectivity index is 1.43. The second kappa shape index (κ2) is 6.98. The van der Waals surface area contributed by atoms with E-state index in [-0.39, 0.29) is 0 Å². The van der Waals surface area contributed by atoms with Crippen molar-refractivity contribution in [2.75, 3.05) is 18.0 Å². The number of nitrogens with zero attached hydrogens (tertiary/aromatic N) is 4. The average molecular weight is 453 g/mol. The van der Waals surface area contributed by atoms with Gasteiger partial charge in [-0.2, -0.15) is 4.73 Å². The molecule has 0 bridgehead atoms. The minimum atomic E-state index is 0.312. The number of aryl methyl sites for hydroxylation is 1. The third-order valence-corrected chi connectivity index (χ3v) is 7.75. The lowest BCUT2D eigenvalue weighted by molar-refractivity contribution is -0.577. The van der Waals surface area contributed by atoms with Gasteiger partial charge in [-0.05, 0) is 48.2 Å². The molecule has 3 N–H and O–H groups in total. The van der Waals surface area contributed by atoms with Crippen molar-refractivity contribution >= 4 is 51.1 Å². The first-order chi connectivity index (χ1) is 15.0. The van der Waals surface area contributed by atoms with E-state index in [1.54, 1.807) is 6.07 Å². The van der Waals surface area contributed by atoms with Crippen molar-refractivity contribution in [3.05, 3.63) is 52.5 Å². The molecule has 2 aliphatic rings. The molecule has 2 fully saturated rings. The van der Waals surface area contributed by atoms with E-state index in [0.717, 1.165) is 57.1 Å². The van der Waals surface area contributed by atoms with Crippen LogP contribution in [-0.4, -0.2) is 34.1 Å². The summed E-state index contributed by atoms with van der Waals surface area (Å²) in [7, 11) is 0. The molecule has 1 aromatic carbocycles. The lowest BCUT2D eigenvalue weighted by Gasteiger charge is -2.21. The van der Waals surface area contributed by atoms with Gasteiger partial charge in [-0.25, -0.2) is 9.97 Å². The molecule has 4 aromatic rings. The lowest BCUT2D eigenvalue weighted by Crippen LogP contribution is -2.29. The van der Waals surface area contributed by atoms with E-state index in [4.69, 9.17) is 27.3 Å². The third kappa shape index (κ3) is 3.04. The highest BCUT2D eigenvalue weighted by Gasteiger charge is 2.54. The zero-order chi connectivity index (χ0) is 21.3. The highest BCUT2D eigenvalue weighted by Crippen LogP contribution is 2.47. The summed E-state index contributed by atoms with van der Waals surface area (Å²) in [6.07, 6.45) is 2.30. The van der Waals surface area contributed by atoms with Gasteiger partial charge in [-0.1, -0.05) is 18.5 Å². The third-order valence-electron chi connectivity index (χ3n) is 6.48. The molecule has 0 radical (unpaired) electrons. The van der Waals surface area contributed by atoms with Crippen LogP contribution in [0.25, 0.3) is 21.9 Å². The van der Waals surface area contributed by atoms with Gasteiger partial charge in [-0.15, -0.1) is 0 Å². The Morgan fingerprint density at radius 1 is 1.29 bits per heavy atom. The van der Waals surface area contributed by atoms with Crippen molar-refractivity contribution in [2.24, 2.45) is 17.6 Å². The zero-order valence-corrected chi connectivity index (χ0v) is 18.5. The number of pyridine rings is 1. The number of nitrogens with two attached hydrogens (primary N) is 1. The SMILES string of the molecule is CCc1[nH]c2nc(Sc3ccc4ccc[n+]([O-])c4c3)nc(N3C[C@@H]4C(N)[C@@H]4C3)c2c1Cl. The minimum absolute atomic E-state index is 0.312. The van der Waals surface area contributed by atoms with Crippen molar-refractivity contribution in [3.8, 4) is 0 Å². The molecular formula is C22H21ClN6OS. The van der Waals surface area contributed by atoms with Crippen LogP contribution in [0.4, 0.5) is 5.82 Å². The molecule has 1 saturated carbocycles. The number of fused-ring (bicyclic) bond motifs is 3. The molecule has 1 aliphatic heterocycles. The van der Waals surface area contributed by atoms with E-state index < -0.39 is 0 Å². The van der Waals surface area contributed by atoms with Crippen LogP contribution >= 0.6 is 23.4 Å². The molecule has 31 heavy (non-hydrogen) atoms. The molecule has 1 saturated heterocycles. The van der Waals surface area contributed by atoms with E-state index in [9.17, 15) is 5.21 Å². The minimum Gasteiger partial charge on any atom is -0.618 e. The van der Waals surface area contributed by atoms with Gasteiger partial charge < -0.3 is 20.8 Å². The summed E-state index contributed by atoms with van der Waals surface area (Å²) in [4.78, 5) is 16.2. The van der Waals surface area contributed by atoms with Gasteiger partial charge >= 0.3 is 0 Å². The number of aromatic nitrogens is 4. The predicted molar refractivity (Wildman–Crippen MR) is 122 cm³/mol. The first kappa shape index (κ1) is 19.2. The van der Waals surface area contributed by atoms with E-state index in [2.05, 4.69) is 16.8 Å². The standard InChI is InChI=1S/C22H21ClN6OS/c1-2-15-18(23)17-20(25-15)26-22(27-21(17)28-9-13-14(10-28)19(13)24)31-12-6-5-11-4-3-7-29(30)16(11)8-12/h3-8,13-14,19H,2,9-10,24H2,1H3,(H,25,26,27)/t13-,14+,19?. The summed E-state index contributed by atoms with van der Waals surface area (Å²) < 4.78 is 0.882. The number of anilines is 1. The average Bonchev–Trinajstić information content (AvgIpc) is 3.09. The number of H-pyrrole nitrogens is 1. The largest absolute Gasteiger partial charge is 0.618 e. The molecule has 3 atom stereocenters. The Kier molecular flexibility index (Phi) is 4.31. The Hall–Kier alpha value is -2.55. The van der Waals surface area contributed by atoms with Crippen LogP contribution in [0.15, 0.2) is 46.6 Å². The highest BCUT2D eigenvalue weighted by molar-refractivity contribution is 7.99. The fourth-order valence-corrected chi connectivity index (χ4v) is 5.80. The fraction of sp³-hybridized carbons (Fsp3) is 0.318. The van der Waals surface area contributed by atoms with Crippen LogP contribution in [0.5, 0.6) is 0 Å². The number of hydrogen-bond acceptors (Lipinski definition) is 6. The Bertz CT molecular complexity index is 1330. The van der Waals surface area contributed by atoms with Crippen LogP contribution in [0.3, 0.4) is 0 Å². The predicted octanol–water partition coefficient (Wildman–Crippen LogP) is 3.50. The lowest BCUT2D eigenvalue weighted by atomic mass is 10.2. The Labute approximate surface area is 188 Å². The molecule has 4 heterocycles. The smallest absolute Gasteiger partial charge is 0.224 e. The summed E-state index contributed by atoms with van der Waals surface area (Å²) in [6.45, 7) is 3.87. The van der Waals surface area contributed by atoms with E-state index in [1.165, 1.54) is 18.0 Å². The molecule has 1 aliphatic carbocycles. The van der Waals surface area contributed by atoms with Crippen molar-refractivity contribution in [3.63, 3.8) is 0 Å². The molecule has 158 valence electrons. The van der Waals surface area contributed by atoms with Gasteiger partial charge in [0.05, 0.1) is 10.4 Å². The molecule has 1 unspecified atom stereocenters. The van der Waals surface area contributed by atoms with Gasteiger partial charge in [0.25, 0.3) is 0 Å². The summed E-state index contributed by atoms with van der Waals surface area (Å²) in [5.41, 5.74) is 8.49. The quantitative estimate of drug-likeness (QED) is 0.279. The first-order valence-corrected chi connectivity index (χ1v) is 11.6. The van der Waals surface area contributed by atoms with Crippen molar-refractivity contribution in [2.45, 2.75) is 29.4 Å². The second-order valence-electron chi connectivity index (χ2n) is 8.29. The van der Waals surface area contributed by atoms with Crippen molar-refractivity contribution < 1.29 is 4.73 Å². The first-order valence-electron chi connectivity index (χ1n) is 10.4. The molecule has 9 heteroatoms. The van der Waals surface area contributed by atoms with Crippen LogP contribution in [0, 0.1) is 17.0 Å². The summed E-state index contributed by atoms with van der Waals surface area (Å²) in [5, 5.41) is 15.3. The number of aromatic amines is 1. The number of rotatable bonds is 4. The van der Waals surface area contributed by atoms with Gasteiger partial charge in [0.1, 0.15) is 11.5 Å². The van der Waals surface area contributed by atoms with E-state index in [0.29, 0.717) is 33.6 Å². The number of hydrogen-bond donors (Lipinski definition) is 2. The number of nitrogens with one attached hydrogen (secondary N) is 1. The summed E-state index contributed by atoms with van der Waals surface area (Å²) in [6, 6.07) is 9.80. The van der Waals surface area contributed by atoms with Gasteiger partial charge in [0.15, 0.2) is 11.4 Å². The van der Waals surface area contributed by atoms with E-state index >= 15 is 0 Å². The highest BCUT2D eigenvalue weighted by atomic mass is 35.5. The van der Waals surface area contributed by atoms with Gasteiger partial charge in [0.2, 0.25) is 5.52 Å². The molecule has 7 nitrogen and oxygen atoms in total. The second-order valence-corrected chi connectivity index (χ2v) is 9.71. The zero-order valence-electron chi connectivity index (χ0n) is 16.9. The molecule has 0 amide bonds. The Morgan fingerprint density at radius 3 is 2.87 bits per heavy atom. The van der Waals surface area contributed by atoms with Crippen LogP contribution in [0.1, 0.15) is 12.6 Å². The number of piperidine rings is 1. The van der Waals surface area contributed by atoms with E-state index in [1.807, 2.05) is 24.3 Å². The maximum atomic E-state index is 12.2. The van der Waals surface area contributed by atoms with Crippen molar-refractivity contribution in [1.82, 2.24) is 15.0 Å². The normalized spacial score (nSPS) is 22.4.